The Kier molecular flexibility index (Phi) is 14.6. The van der Waals surface area contributed by atoms with Gasteiger partial charge < -0.3 is 16.2 Å². The number of aromatic hydroxyl groups is 1. The topological polar surface area (TPSA) is 429 Å². The van der Waals surface area contributed by atoms with E-state index >= 15 is 0 Å². The minimum atomic E-state index is -5.29. The van der Waals surface area contributed by atoms with E-state index in [4.69, 9.17) is 14.8 Å². The Labute approximate surface area is 368 Å². The average Bonchev–Trinajstić information content (AvgIpc) is 3.18. The maximum absolute atomic E-state index is 12.9. The Bertz CT molecular complexity index is 3440. The van der Waals surface area contributed by atoms with Crippen molar-refractivity contribution in [2.75, 3.05) is 35.8 Å². The molecular weight excluding hydrogens is 993 g/mol. The van der Waals surface area contributed by atoms with E-state index in [0.29, 0.717) is 12.1 Å². The lowest BCUT2D eigenvalue weighted by molar-refractivity contribution is 0.102. The molecule has 0 atom stereocenters. The van der Waals surface area contributed by atoms with E-state index in [1.165, 1.54) is 36.4 Å². The molecule has 8 N–H and O–H groups in total. The second kappa shape index (κ2) is 18.9. The summed E-state index contributed by atoms with van der Waals surface area (Å²) in [4.78, 5) is 10.1. The predicted octanol–water partition coefficient (Wildman–Crippen LogP) is 3.89. The van der Waals surface area contributed by atoms with Crippen LogP contribution in [0.2, 0.25) is 0 Å². The van der Waals surface area contributed by atoms with Crippen molar-refractivity contribution >= 4 is 112 Å². The van der Waals surface area contributed by atoms with Crippen molar-refractivity contribution in [2.24, 2.45) is 20.5 Å². The average molecular weight is 1020 g/mol. The molecule has 5 rings (SSSR count). The number of azo groups is 2. The molecule has 0 aromatic heterocycles. The smallest absolute Gasteiger partial charge is 0.397 e. The molecule has 0 spiro atoms. The molecule has 0 aliphatic heterocycles. The summed E-state index contributed by atoms with van der Waals surface area (Å²) in [5, 5.41) is 27.9. The molecule has 0 aliphatic rings. The zero-order valence-corrected chi connectivity index (χ0v) is 37.0. The highest BCUT2D eigenvalue weighted by Gasteiger charge is 2.28. The number of hydrogen-bond donors (Lipinski definition) is 7. The molecule has 0 saturated carbocycles. The van der Waals surface area contributed by atoms with Crippen LogP contribution in [-0.2, 0) is 69.1 Å². The fourth-order valence-electron chi connectivity index (χ4n) is 5.40. The molecule has 65 heavy (non-hydrogen) atoms. The number of amides is 1. The standard InChI is InChI=1S/C33H30N6O20S6/c34-29-28-20(18-27(63(49,50)51)31(32(28)40)39-37-23-7-11-25(12-8-23)61(44,45)16-14-59-65(55,56)57)17-26(62(46,47)48)30(29)38-36-22-3-1-19(2-4-22)33(41)35-21-5-9-24(10-6-21)60(42,43)15-13-58-64(52,53)54/h1-12,17-18,40H,13-16,34H2,(H,35,41)(H,46,47,48)(H,49,50,51)(H,52,53,54)(H,55,56,57). The highest BCUT2D eigenvalue weighted by atomic mass is 32.3. The number of carbonyl (C=O) groups is 1. The second-order valence-electron chi connectivity index (χ2n) is 12.8. The second-order valence-corrected chi connectivity index (χ2v) is 22.0. The zero-order valence-electron chi connectivity index (χ0n) is 32.1. The van der Waals surface area contributed by atoms with E-state index in [1.807, 2.05) is 0 Å². The zero-order chi connectivity index (χ0) is 48.3. The van der Waals surface area contributed by atoms with Crippen molar-refractivity contribution in [3.63, 3.8) is 0 Å². The number of carbonyl (C=O) groups excluding carboxylic acids is 1. The summed E-state index contributed by atoms with van der Waals surface area (Å²) in [6, 6.07) is 15.1. The quantitative estimate of drug-likeness (QED) is 0.0372. The number of anilines is 2. The lowest BCUT2D eigenvalue weighted by atomic mass is 10.1. The fraction of sp³-hybridized carbons (Fsp3) is 0.121. The van der Waals surface area contributed by atoms with Gasteiger partial charge in [0, 0.05) is 11.3 Å². The number of fused-ring (bicyclic) bond motifs is 1. The van der Waals surface area contributed by atoms with Crippen LogP contribution < -0.4 is 11.1 Å². The lowest BCUT2D eigenvalue weighted by Crippen LogP contribution is -2.15. The maximum atomic E-state index is 12.9. The molecule has 26 nitrogen and oxygen atoms in total. The largest absolute Gasteiger partial charge is 0.505 e. The highest BCUT2D eigenvalue weighted by Crippen LogP contribution is 2.48. The molecule has 5 aromatic carbocycles. The van der Waals surface area contributed by atoms with Crippen molar-refractivity contribution in [2.45, 2.75) is 19.6 Å². The first-order valence-electron chi connectivity index (χ1n) is 17.2. The van der Waals surface area contributed by atoms with Crippen molar-refractivity contribution in [3.8, 4) is 5.75 Å². The molecule has 348 valence electrons. The van der Waals surface area contributed by atoms with E-state index in [9.17, 15) is 69.5 Å². The Morgan fingerprint density at radius 2 is 0.969 bits per heavy atom. The van der Waals surface area contributed by atoms with Crippen LogP contribution >= 0.6 is 0 Å². The van der Waals surface area contributed by atoms with Crippen LogP contribution in [0.1, 0.15) is 10.4 Å². The third-order valence-electron chi connectivity index (χ3n) is 8.37. The molecule has 0 saturated heterocycles. The van der Waals surface area contributed by atoms with E-state index in [1.54, 1.807) is 0 Å². The molecular formula is C33H30N6O20S6. The van der Waals surface area contributed by atoms with Gasteiger partial charge in [0.25, 0.3) is 26.1 Å². The van der Waals surface area contributed by atoms with Gasteiger partial charge in [-0.25, -0.2) is 25.2 Å². The van der Waals surface area contributed by atoms with E-state index < -0.39 is 135 Å². The van der Waals surface area contributed by atoms with Crippen molar-refractivity contribution in [1.29, 1.82) is 0 Å². The van der Waals surface area contributed by atoms with Gasteiger partial charge >= 0.3 is 20.8 Å². The number of benzene rings is 5. The van der Waals surface area contributed by atoms with Gasteiger partial charge in [0.15, 0.2) is 25.4 Å². The molecule has 1 amide bonds. The third-order valence-corrected chi connectivity index (χ3v) is 14.4. The highest BCUT2D eigenvalue weighted by molar-refractivity contribution is 7.91. The number of nitrogens with two attached hydrogens (primary N) is 1. The van der Waals surface area contributed by atoms with Gasteiger partial charge in [-0.1, -0.05) is 0 Å². The first kappa shape index (κ1) is 50.1. The SMILES string of the molecule is Nc1c(N=Nc2ccc(C(=O)Nc3ccc(S(=O)(=O)CCOS(=O)(=O)O)cc3)cc2)c(S(=O)(=O)O)cc2cc(S(=O)(=O)O)c(N=Nc3ccc(S(=O)(=O)CCOS(=O)(=O)O)cc3)c(O)c12. The van der Waals surface area contributed by atoms with E-state index in [2.05, 4.69) is 34.1 Å². The van der Waals surface area contributed by atoms with Crippen molar-refractivity contribution in [1.82, 2.24) is 0 Å². The summed E-state index contributed by atoms with van der Waals surface area (Å²) < 4.78 is 188. The van der Waals surface area contributed by atoms with Crippen LogP contribution in [-0.4, -0.2) is 104 Å². The number of nitrogens with one attached hydrogen (secondary N) is 1. The number of sulfone groups is 2. The molecule has 0 aliphatic carbocycles. The number of phenolic OH excluding ortho intramolecular Hbond substituents is 1. The normalized spacial score (nSPS) is 13.2. The summed E-state index contributed by atoms with van der Waals surface area (Å²) in [5.74, 6) is -3.45. The van der Waals surface area contributed by atoms with Gasteiger partial charge in [0.1, 0.15) is 21.2 Å². The van der Waals surface area contributed by atoms with Crippen LogP contribution in [0.25, 0.3) is 10.8 Å². The summed E-state index contributed by atoms with van der Waals surface area (Å²) in [7, 11) is -28.5. The van der Waals surface area contributed by atoms with Crippen molar-refractivity contribution in [3.05, 3.63) is 90.5 Å². The molecule has 0 fully saturated rings. The number of phenols is 1. The first-order valence-corrected chi connectivity index (χ1v) is 26.1. The number of nitrogens with zero attached hydrogens (tertiary/aromatic N) is 4. The number of nitrogen functional groups attached to an aromatic ring is 1. The van der Waals surface area contributed by atoms with Gasteiger partial charge in [0.2, 0.25) is 0 Å². The Morgan fingerprint density at radius 1 is 0.569 bits per heavy atom. The lowest BCUT2D eigenvalue weighted by Gasteiger charge is -2.14. The molecule has 0 heterocycles. The Balaban J connectivity index is 1.42. The van der Waals surface area contributed by atoms with Gasteiger partial charge in [-0.15, -0.1) is 10.2 Å². The van der Waals surface area contributed by atoms with Crippen LogP contribution in [0.3, 0.4) is 0 Å². The Morgan fingerprint density at radius 3 is 1.40 bits per heavy atom. The minimum absolute atomic E-state index is 0.0259. The summed E-state index contributed by atoms with van der Waals surface area (Å²) in [6.45, 7) is -1.76. The molecule has 0 bridgehead atoms. The summed E-state index contributed by atoms with van der Waals surface area (Å²) >= 11 is 0. The maximum Gasteiger partial charge on any atom is 0.397 e. The summed E-state index contributed by atoms with van der Waals surface area (Å²) in [5.41, 5.74) is 3.74. The monoisotopic (exact) mass is 1020 g/mol. The van der Waals surface area contributed by atoms with Crippen LogP contribution in [0.15, 0.2) is 125 Å². The van der Waals surface area contributed by atoms with E-state index in [0.717, 1.165) is 36.4 Å². The minimum Gasteiger partial charge on any atom is -0.505 e. The molecule has 0 unspecified atom stereocenters. The van der Waals surface area contributed by atoms with E-state index in [-0.39, 0.29) is 32.4 Å². The fourth-order valence-corrected chi connectivity index (χ4v) is 9.71. The Hall–Kier alpha value is -5.91. The third kappa shape index (κ3) is 13.1. The predicted molar refractivity (Wildman–Crippen MR) is 224 cm³/mol. The first-order chi connectivity index (χ1) is 29.9. The number of hydrogen-bond acceptors (Lipinski definition) is 21. The molecule has 32 heteroatoms. The van der Waals surface area contributed by atoms with Crippen LogP contribution in [0.4, 0.5) is 34.1 Å². The van der Waals surface area contributed by atoms with Crippen LogP contribution in [0.5, 0.6) is 5.75 Å². The van der Waals surface area contributed by atoms with Gasteiger partial charge in [-0.3, -0.25) is 23.0 Å². The molecule has 5 aromatic rings. The number of rotatable bonds is 18. The van der Waals surface area contributed by atoms with Gasteiger partial charge in [-0.05, 0) is 90.3 Å². The van der Waals surface area contributed by atoms with Crippen molar-refractivity contribution < 1.29 is 87.0 Å². The van der Waals surface area contributed by atoms with Gasteiger partial charge in [0.05, 0.1) is 57.0 Å². The van der Waals surface area contributed by atoms with Crippen LogP contribution in [0, 0.1) is 0 Å². The summed E-state index contributed by atoms with van der Waals surface area (Å²) in [6.07, 6.45) is 0. The van der Waals surface area contributed by atoms with Gasteiger partial charge in [-0.2, -0.15) is 43.9 Å². The molecule has 0 radical (unpaired) electrons.